The highest BCUT2D eigenvalue weighted by Crippen LogP contribution is 2.39. The lowest BCUT2D eigenvalue weighted by molar-refractivity contribution is -0.122. The van der Waals surface area contributed by atoms with Crippen LogP contribution in [-0.4, -0.2) is 24.1 Å². The van der Waals surface area contributed by atoms with Gasteiger partial charge in [0.15, 0.2) is 0 Å². The fourth-order valence-electron chi connectivity index (χ4n) is 3.11. The molecule has 1 amide bonds. The quantitative estimate of drug-likeness (QED) is 0.892. The number of rotatable bonds is 4. The summed E-state index contributed by atoms with van der Waals surface area (Å²) in [7, 11) is 1.41. The lowest BCUT2D eigenvalue weighted by Gasteiger charge is -2.34. The first-order valence-corrected chi connectivity index (χ1v) is 7.54. The van der Waals surface area contributed by atoms with Gasteiger partial charge in [-0.2, -0.15) is 0 Å². The lowest BCUT2D eigenvalue weighted by Crippen LogP contribution is -2.31. The van der Waals surface area contributed by atoms with Gasteiger partial charge in [0, 0.05) is 17.7 Å². The van der Waals surface area contributed by atoms with Crippen LogP contribution in [0.3, 0.4) is 0 Å². The van der Waals surface area contributed by atoms with E-state index in [0.717, 1.165) is 25.7 Å². The molecule has 1 aliphatic carbocycles. The lowest BCUT2D eigenvalue weighted by atomic mass is 9.72. The van der Waals surface area contributed by atoms with Gasteiger partial charge in [-0.25, -0.2) is 4.79 Å². The van der Waals surface area contributed by atoms with Gasteiger partial charge < -0.3 is 15.2 Å². The van der Waals surface area contributed by atoms with Crippen molar-refractivity contribution in [3.63, 3.8) is 0 Å². The van der Waals surface area contributed by atoms with Gasteiger partial charge in [-0.1, -0.05) is 20.3 Å². The molecule has 2 N–H and O–H groups in total. The van der Waals surface area contributed by atoms with Gasteiger partial charge in [0.05, 0.1) is 7.11 Å². The molecule has 120 valence electrons. The zero-order valence-electron chi connectivity index (χ0n) is 13.3. The van der Waals surface area contributed by atoms with Gasteiger partial charge in [-0.15, -0.1) is 0 Å². The second kappa shape index (κ2) is 6.38. The van der Waals surface area contributed by atoms with Crippen LogP contribution in [0.1, 0.15) is 49.9 Å². The second-order valence-electron chi connectivity index (χ2n) is 6.67. The van der Waals surface area contributed by atoms with Crippen molar-refractivity contribution in [2.45, 2.75) is 39.5 Å². The summed E-state index contributed by atoms with van der Waals surface area (Å²) in [6.45, 7) is 4.38. The standard InChI is InChI=1S/C17H23NO4/c1-17(2)8-4-5-11(10-17)15(19)18-12-6-7-13(16(20)21)14(9-12)22-3/h6-7,9,11H,4-5,8,10H2,1-3H3,(H,18,19)(H,20,21). The van der Waals surface area contributed by atoms with Crippen LogP contribution >= 0.6 is 0 Å². The maximum absolute atomic E-state index is 12.4. The molecule has 1 aromatic rings. The van der Waals surface area contributed by atoms with E-state index in [0.29, 0.717) is 5.69 Å². The number of carbonyl (C=O) groups excluding carboxylic acids is 1. The molecule has 22 heavy (non-hydrogen) atoms. The third-order valence-electron chi connectivity index (χ3n) is 4.28. The highest BCUT2D eigenvalue weighted by Gasteiger charge is 2.32. The normalized spacial score (nSPS) is 20.2. The van der Waals surface area contributed by atoms with Gasteiger partial charge in [0.2, 0.25) is 5.91 Å². The van der Waals surface area contributed by atoms with Crippen molar-refractivity contribution in [3.05, 3.63) is 23.8 Å². The van der Waals surface area contributed by atoms with Crippen LogP contribution in [0.5, 0.6) is 5.75 Å². The molecular weight excluding hydrogens is 282 g/mol. The summed E-state index contributed by atoms with van der Waals surface area (Å²) in [5.41, 5.74) is 0.847. The molecule has 0 spiro atoms. The minimum Gasteiger partial charge on any atom is -0.496 e. The number of methoxy groups -OCH3 is 1. The van der Waals surface area contributed by atoms with Crippen molar-refractivity contribution in [2.75, 3.05) is 12.4 Å². The number of carbonyl (C=O) groups is 2. The number of carboxylic acid groups (broad SMARTS) is 1. The number of ether oxygens (including phenoxy) is 1. The summed E-state index contributed by atoms with van der Waals surface area (Å²) in [6, 6.07) is 4.59. The predicted molar refractivity (Wildman–Crippen MR) is 84.3 cm³/mol. The molecule has 0 aliphatic heterocycles. The number of amides is 1. The maximum atomic E-state index is 12.4. The summed E-state index contributed by atoms with van der Waals surface area (Å²) in [5, 5.41) is 11.9. The van der Waals surface area contributed by atoms with E-state index in [1.165, 1.54) is 13.2 Å². The molecule has 0 aromatic heterocycles. The van der Waals surface area contributed by atoms with Crippen LogP contribution < -0.4 is 10.1 Å². The Kier molecular flexibility index (Phi) is 4.74. The van der Waals surface area contributed by atoms with Crippen LogP contribution in [0.2, 0.25) is 0 Å². The number of hydrogen-bond donors (Lipinski definition) is 2. The van der Waals surface area contributed by atoms with E-state index >= 15 is 0 Å². The number of anilines is 1. The van der Waals surface area contributed by atoms with Gasteiger partial charge in [-0.05, 0) is 36.8 Å². The second-order valence-corrected chi connectivity index (χ2v) is 6.67. The number of carboxylic acids is 1. The minimum atomic E-state index is -1.05. The molecule has 5 nitrogen and oxygen atoms in total. The zero-order chi connectivity index (χ0) is 16.3. The summed E-state index contributed by atoms with van der Waals surface area (Å²) in [4.78, 5) is 23.5. The Balaban J connectivity index is 2.10. The van der Waals surface area contributed by atoms with E-state index < -0.39 is 5.97 Å². The number of hydrogen-bond acceptors (Lipinski definition) is 3. The smallest absolute Gasteiger partial charge is 0.339 e. The van der Waals surface area contributed by atoms with Gasteiger partial charge >= 0.3 is 5.97 Å². The molecule has 0 saturated heterocycles. The molecule has 1 fully saturated rings. The number of nitrogens with one attached hydrogen (secondary N) is 1. The third kappa shape index (κ3) is 3.78. The average molecular weight is 305 g/mol. The van der Waals surface area contributed by atoms with E-state index in [-0.39, 0.29) is 28.6 Å². The van der Waals surface area contributed by atoms with Crippen LogP contribution in [0, 0.1) is 11.3 Å². The van der Waals surface area contributed by atoms with Crippen LogP contribution in [0.15, 0.2) is 18.2 Å². The molecule has 1 unspecified atom stereocenters. The Labute approximate surface area is 130 Å². The first-order valence-electron chi connectivity index (χ1n) is 7.54. The topological polar surface area (TPSA) is 75.6 Å². The Hall–Kier alpha value is -2.04. The third-order valence-corrected chi connectivity index (χ3v) is 4.28. The monoisotopic (exact) mass is 305 g/mol. The molecule has 1 atom stereocenters. The van der Waals surface area contributed by atoms with Crippen molar-refractivity contribution in [1.29, 1.82) is 0 Å². The predicted octanol–water partition coefficient (Wildman–Crippen LogP) is 3.55. The van der Waals surface area contributed by atoms with Crippen molar-refractivity contribution in [1.82, 2.24) is 0 Å². The first kappa shape index (κ1) is 16.3. The molecule has 0 heterocycles. The molecule has 1 aromatic carbocycles. The van der Waals surface area contributed by atoms with E-state index in [1.54, 1.807) is 12.1 Å². The van der Waals surface area contributed by atoms with Crippen molar-refractivity contribution in [3.8, 4) is 5.75 Å². The molecule has 0 radical (unpaired) electrons. The van der Waals surface area contributed by atoms with Gasteiger partial charge in [-0.3, -0.25) is 4.79 Å². The van der Waals surface area contributed by atoms with E-state index in [1.807, 2.05) is 0 Å². The SMILES string of the molecule is COc1cc(NC(=O)C2CCCC(C)(C)C2)ccc1C(=O)O. The Morgan fingerprint density at radius 1 is 1.36 bits per heavy atom. The molecule has 2 rings (SSSR count). The van der Waals surface area contributed by atoms with Crippen molar-refractivity contribution >= 4 is 17.6 Å². The average Bonchev–Trinajstić information content (AvgIpc) is 2.45. The van der Waals surface area contributed by atoms with Gasteiger partial charge in [0.1, 0.15) is 11.3 Å². The Morgan fingerprint density at radius 2 is 2.09 bits per heavy atom. The van der Waals surface area contributed by atoms with Crippen molar-refractivity contribution in [2.24, 2.45) is 11.3 Å². The first-order chi connectivity index (χ1) is 10.3. The molecular formula is C17H23NO4. The van der Waals surface area contributed by atoms with E-state index in [2.05, 4.69) is 19.2 Å². The largest absolute Gasteiger partial charge is 0.496 e. The zero-order valence-corrected chi connectivity index (χ0v) is 13.3. The van der Waals surface area contributed by atoms with Crippen LogP contribution in [-0.2, 0) is 4.79 Å². The van der Waals surface area contributed by atoms with E-state index in [9.17, 15) is 9.59 Å². The summed E-state index contributed by atoms with van der Waals surface area (Å²) >= 11 is 0. The molecule has 1 saturated carbocycles. The summed E-state index contributed by atoms with van der Waals surface area (Å²) < 4.78 is 5.08. The van der Waals surface area contributed by atoms with Crippen LogP contribution in [0.4, 0.5) is 5.69 Å². The van der Waals surface area contributed by atoms with Crippen LogP contribution in [0.25, 0.3) is 0 Å². The fourth-order valence-corrected chi connectivity index (χ4v) is 3.11. The summed E-state index contributed by atoms with van der Waals surface area (Å²) in [6.07, 6.45) is 3.99. The molecule has 5 heteroatoms. The number of benzene rings is 1. The highest BCUT2D eigenvalue weighted by atomic mass is 16.5. The van der Waals surface area contributed by atoms with E-state index in [4.69, 9.17) is 9.84 Å². The highest BCUT2D eigenvalue weighted by molar-refractivity contribution is 5.95. The van der Waals surface area contributed by atoms with Gasteiger partial charge in [0.25, 0.3) is 0 Å². The Morgan fingerprint density at radius 3 is 2.68 bits per heavy atom. The molecule has 1 aliphatic rings. The minimum absolute atomic E-state index is 0.00194. The Bertz CT molecular complexity index is 580. The van der Waals surface area contributed by atoms with Crippen molar-refractivity contribution < 1.29 is 19.4 Å². The fraction of sp³-hybridized carbons (Fsp3) is 0.529. The molecule has 0 bridgehead atoms. The number of aromatic carboxylic acids is 1. The maximum Gasteiger partial charge on any atom is 0.339 e. The summed E-state index contributed by atoms with van der Waals surface area (Å²) in [5.74, 6) is -0.801.